The predicted molar refractivity (Wildman–Crippen MR) is 113 cm³/mol. The molecule has 0 unspecified atom stereocenters. The van der Waals surface area contributed by atoms with E-state index in [1.807, 2.05) is 0 Å². The van der Waals surface area contributed by atoms with Gasteiger partial charge in [-0.05, 0) is 84.6 Å². The molecule has 2 aromatic heterocycles. The molecule has 27 heavy (non-hydrogen) atoms. The van der Waals surface area contributed by atoms with E-state index in [2.05, 4.69) is 85.4 Å². The van der Waals surface area contributed by atoms with Crippen LogP contribution in [0.2, 0.25) is 0 Å². The van der Waals surface area contributed by atoms with E-state index in [1.54, 1.807) is 0 Å². The molecule has 0 spiro atoms. The normalized spacial score (nSPS) is 11.0. The maximum Gasteiger partial charge on any atom is 0.00951 e. The van der Waals surface area contributed by atoms with Gasteiger partial charge in [0.1, 0.15) is 0 Å². The van der Waals surface area contributed by atoms with Crippen molar-refractivity contribution in [3.63, 3.8) is 0 Å². The summed E-state index contributed by atoms with van der Waals surface area (Å²) in [7, 11) is 0. The van der Waals surface area contributed by atoms with Crippen LogP contribution < -0.4 is 0 Å². The summed E-state index contributed by atoms with van der Waals surface area (Å²) in [6.45, 7) is 24.4. The molecule has 1 nitrogen and oxygen atoms in total. The number of hydrogen-bond donors (Lipinski definition) is 0. The molecule has 0 aliphatic rings. The van der Waals surface area contributed by atoms with Crippen molar-refractivity contribution in [2.45, 2.75) is 62.3 Å². The van der Waals surface area contributed by atoms with Crippen molar-refractivity contribution in [3.8, 4) is 0 Å². The fourth-order valence-electron chi connectivity index (χ4n) is 4.22. The molecule has 0 N–H and O–H groups in total. The van der Waals surface area contributed by atoms with Crippen molar-refractivity contribution in [2.24, 2.45) is 0 Å². The van der Waals surface area contributed by atoms with Crippen molar-refractivity contribution < 1.29 is 32.7 Å². The third-order valence-corrected chi connectivity index (χ3v) is 6.79. The Morgan fingerprint density at radius 3 is 1.67 bits per heavy atom. The number of hydrogen-bond acceptors (Lipinski definition) is 0. The van der Waals surface area contributed by atoms with Crippen LogP contribution >= 0.6 is 0 Å². The summed E-state index contributed by atoms with van der Waals surface area (Å²) in [5.74, 6) is 0. The largest absolute Gasteiger partial charge is 0.389 e. The standard InChI is InChI=1S/C25H30N.Y/c1-13-14(2)19(7)25(20(8)15(13)3)21(9)24-12-11-23-18(6)16(4)17(5)22(10)26(23)24;/h11H,9H2,1-8,10H3;/q-1;. The molecule has 0 bridgehead atoms. The average Bonchev–Trinajstić information content (AvgIpc) is 3.06. The molecule has 2 heteroatoms. The Kier molecular flexibility index (Phi) is 6.29. The summed E-state index contributed by atoms with van der Waals surface area (Å²) in [4.78, 5) is 0. The fourth-order valence-corrected chi connectivity index (χ4v) is 4.22. The van der Waals surface area contributed by atoms with E-state index in [0.717, 1.165) is 11.3 Å². The predicted octanol–water partition coefficient (Wildman–Crippen LogP) is 6.57. The van der Waals surface area contributed by atoms with Crippen LogP contribution in [0.15, 0.2) is 12.6 Å². The van der Waals surface area contributed by atoms with Crippen LogP contribution in [-0.2, 0) is 32.7 Å². The van der Waals surface area contributed by atoms with Gasteiger partial charge in [-0.2, -0.15) is 12.1 Å². The minimum Gasteiger partial charge on any atom is -0.389 e. The number of aryl methyl sites for hydroxylation is 2. The summed E-state index contributed by atoms with van der Waals surface area (Å²) in [6.07, 6.45) is 0. The number of aromatic nitrogens is 1. The number of rotatable bonds is 2. The monoisotopic (exact) mass is 433 g/mol. The molecule has 2 heterocycles. The minimum atomic E-state index is 0. The van der Waals surface area contributed by atoms with Crippen molar-refractivity contribution in [1.82, 2.24) is 4.40 Å². The third kappa shape index (κ3) is 3.17. The number of pyridine rings is 1. The van der Waals surface area contributed by atoms with Crippen LogP contribution in [0.3, 0.4) is 0 Å². The zero-order valence-electron chi connectivity index (χ0n) is 18.3. The van der Waals surface area contributed by atoms with E-state index in [0.29, 0.717) is 0 Å². The first kappa shape index (κ1) is 22.1. The van der Waals surface area contributed by atoms with Gasteiger partial charge in [-0.15, -0.1) is 6.58 Å². The Morgan fingerprint density at radius 2 is 1.15 bits per heavy atom. The van der Waals surface area contributed by atoms with Crippen LogP contribution in [0.1, 0.15) is 61.5 Å². The molecular weight excluding hydrogens is 403 g/mol. The van der Waals surface area contributed by atoms with Crippen LogP contribution in [0.4, 0.5) is 0 Å². The molecular formula is C25H30NY-. The molecule has 1 aromatic carbocycles. The maximum atomic E-state index is 4.52. The summed E-state index contributed by atoms with van der Waals surface area (Å²) < 4.78 is 2.34. The summed E-state index contributed by atoms with van der Waals surface area (Å²) >= 11 is 0. The van der Waals surface area contributed by atoms with Gasteiger partial charge in [0, 0.05) is 38.4 Å². The first-order chi connectivity index (χ1) is 12.1. The molecule has 0 aliphatic carbocycles. The van der Waals surface area contributed by atoms with Crippen molar-refractivity contribution in [1.29, 1.82) is 0 Å². The molecule has 0 saturated heterocycles. The zero-order chi connectivity index (χ0) is 19.5. The van der Waals surface area contributed by atoms with E-state index in [-0.39, 0.29) is 32.7 Å². The van der Waals surface area contributed by atoms with Crippen molar-refractivity contribution >= 4 is 11.1 Å². The first-order valence-electron chi connectivity index (χ1n) is 9.35. The Hall–Kier alpha value is -1.18. The Bertz CT molecular complexity index is 1050. The molecule has 3 rings (SSSR count). The smallest absolute Gasteiger partial charge is 0.00951 e. The van der Waals surface area contributed by atoms with Crippen LogP contribution in [-0.4, -0.2) is 4.40 Å². The minimum absolute atomic E-state index is 0. The van der Waals surface area contributed by atoms with E-state index < -0.39 is 0 Å². The molecule has 3 aromatic rings. The van der Waals surface area contributed by atoms with Gasteiger partial charge in [-0.1, -0.05) is 44.6 Å². The molecule has 0 amide bonds. The summed E-state index contributed by atoms with van der Waals surface area (Å²) in [6, 6.07) is 5.64. The topological polar surface area (TPSA) is 4.41 Å². The van der Waals surface area contributed by atoms with Crippen LogP contribution in [0.5, 0.6) is 0 Å². The number of benzene rings is 1. The molecule has 0 atom stereocenters. The molecule has 1 radical (unpaired) electrons. The summed E-state index contributed by atoms with van der Waals surface area (Å²) in [5.41, 5.74) is 16.8. The van der Waals surface area contributed by atoms with Crippen molar-refractivity contribution in [3.05, 3.63) is 80.2 Å². The maximum absolute atomic E-state index is 4.52. The van der Waals surface area contributed by atoms with Gasteiger partial charge >= 0.3 is 0 Å². The van der Waals surface area contributed by atoms with Gasteiger partial charge in [0.25, 0.3) is 0 Å². The number of nitrogens with zero attached hydrogens (tertiary/aromatic N) is 1. The average molecular weight is 433 g/mol. The van der Waals surface area contributed by atoms with E-state index >= 15 is 0 Å². The van der Waals surface area contributed by atoms with E-state index in [9.17, 15) is 0 Å². The molecule has 0 fully saturated rings. The summed E-state index contributed by atoms with van der Waals surface area (Å²) in [5, 5.41) is 0. The molecule has 0 aliphatic heterocycles. The van der Waals surface area contributed by atoms with Crippen LogP contribution in [0, 0.1) is 68.4 Å². The third-order valence-electron chi connectivity index (χ3n) is 6.79. The fraction of sp³-hybridized carbons (Fsp3) is 0.360. The van der Waals surface area contributed by atoms with Gasteiger partial charge in [0.2, 0.25) is 0 Å². The SMILES string of the molecule is C=C(c1c(C)c(C)c(C)c(C)c1C)c1[c-]cc2c(C)c(C)c(C)c(C)n12.[Y]. The second-order valence-electron chi connectivity index (χ2n) is 7.80. The second kappa shape index (κ2) is 7.68. The van der Waals surface area contributed by atoms with E-state index in [1.165, 1.54) is 61.3 Å². The Balaban J connectivity index is 0.00000261. The van der Waals surface area contributed by atoms with Gasteiger partial charge < -0.3 is 4.40 Å². The van der Waals surface area contributed by atoms with Crippen LogP contribution in [0.25, 0.3) is 11.1 Å². The van der Waals surface area contributed by atoms with Crippen molar-refractivity contribution in [2.75, 3.05) is 0 Å². The molecule has 0 saturated carbocycles. The first-order valence-corrected chi connectivity index (χ1v) is 9.35. The van der Waals surface area contributed by atoms with Gasteiger partial charge in [-0.3, -0.25) is 0 Å². The number of fused-ring (bicyclic) bond motifs is 1. The second-order valence-corrected chi connectivity index (χ2v) is 7.80. The van der Waals surface area contributed by atoms with E-state index in [4.69, 9.17) is 0 Å². The Labute approximate surface area is 189 Å². The zero-order valence-corrected chi connectivity index (χ0v) is 21.1. The molecule has 139 valence electrons. The quantitative estimate of drug-likeness (QED) is 0.403. The van der Waals surface area contributed by atoms with Gasteiger partial charge in [-0.25, -0.2) is 0 Å². The van der Waals surface area contributed by atoms with Gasteiger partial charge in [0.15, 0.2) is 0 Å². The van der Waals surface area contributed by atoms with Gasteiger partial charge in [0.05, 0.1) is 0 Å². The Morgan fingerprint density at radius 1 is 0.704 bits per heavy atom.